The number of rotatable bonds is 4. The second-order valence-corrected chi connectivity index (χ2v) is 8.03. The van der Waals surface area contributed by atoms with Crippen molar-refractivity contribution in [1.82, 2.24) is 20.0 Å². The van der Waals surface area contributed by atoms with Crippen LogP contribution in [0, 0.1) is 0 Å². The molecule has 0 radical (unpaired) electrons. The fourth-order valence-corrected chi connectivity index (χ4v) is 4.37. The summed E-state index contributed by atoms with van der Waals surface area (Å²) in [6.07, 6.45) is 6.85. The lowest BCUT2D eigenvalue weighted by molar-refractivity contribution is 0.142. The van der Waals surface area contributed by atoms with Gasteiger partial charge in [0.15, 0.2) is 5.82 Å². The van der Waals surface area contributed by atoms with Crippen LogP contribution in [0.4, 0.5) is 16.3 Å². The molecule has 1 aromatic carbocycles. The van der Waals surface area contributed by atoms with Gasteiger partial charge < -0.3 is 19.6 Å². The van der Waals surface area contributed by atoms with E-state index >= 15 is 0 Å². The maximum atomic E-state index is 13.3. The number of aromatic nitrogens is 3. The van der Waals surface area contributed by atoms with Crippen molar-refractivity contribution < 1.29 is 9.32 Å². The summed E-state index contributed by atoms with van der Waals surface area (Å²) >= 11 is 0. The molecule has 4 heterocycles. The van der Waals surface area contributed by atoms with Gasteiger partial charge in [0.25, 0.3) is 0 Å². The minimum atomic E-state index is -0.231. The van der Waals surface area contributed by atoms with E-state index in [9.17, 15) is 4.79 Å². The Morgan fingerprint density at radius 1 is 1.00 bits per heavy atom. The smallest absolute Gasteiger partial charge is 0.322 e. The van der Waals surface area contributed by atoms with Crippen molar-refractivity contribution in [3.8, 4) is 11.4 Å². The molecule has 31 heavy (non-hydrogen) atoms. The molecule has 0 spiro atoms. The summed E-state index contributed by atoms with van der Waals surface area (Å²) in [5.74, 6) is 1.87. The number of hydrogen-bond acceptors (Lipinski definition) is 6. The molecular formula is C23H26N6O2. The van der Waals surface area contributed by atoms with Crippen LogP contribution in [0.3, 0.4) is 0 Å². The molecular weight excluding hydrogens is 392 g/mol. The molecule has 2 aliphatic heterocycles. The molecule has 5 rings (SSSR count). The fourth-order valence-electron chi connectivity index (χ4n) is 4.37. The Bertz CT molecular complexity index is 1030. The maximum Gasteiger partial charge on any atom is 0.322 e. The highest BCUT2D eigenvalue weighted by Gasteiger charge is 2.33. The number of urea groups is 1. The number of nitrogens with zero attached hydrogens (tertiary/aromatic N) is 5. The van der Waals surface area contributed by atoms with Crippen LogP contribution in [-0.2, 0) is 0 Å². The van der Waals surface area contributed by atoms with E-state index in [0.717, 1.165) is 62.3 Å². The second-order valence-electron chi connectivity index (χ2n) is 8.03. The Hall–Kier alpha value is -3.42. The lowest BCUT2D eigenvalue weighted by Crippen LogP contribution is -2.41. The van der Waals surface area contributed by atoms with E-state index in [1.54, 1.807) is 6.20 Å². The number of piperidine rings is 1. The van der Waals surface area contributed by atoms with Crippen LogP contribution in [0.5, 0.6) is 0 Å². The average Bonchev–Trinajstić information content (AvgIpc) is 3.53. The van der Waals surface area contributed by atoms with E-state index in [-0.39, 0.29) is 12.1 Å². The van der Waals surface area contributed by atoms with Crippen molar-refractivity contribution in [3.63, 3.8) is 0 Å². The standard InChI is InChI=1S/C23H26N6O2/c30-23(25-18-11-8-13-24-21(18)28-14-6-7-15-28)29-16-5-4-12-19(29)22-26-20(27-31-22)17-9-2-1-3-10-17/h1-3,8-11,13,19H,4-7,12,14-16H2,(H,25,30). The SMILES string of the molecule is O=C(Nc1cccnc1N1CCCC1)N1CCCCC1c1nc(-c2ccccc2)no1. The summed E-state index contributed by atoms with van der Waals surface area (Å²) in [4.78, 5) is 26.4. The molecule has 0 saturated carbocycles. The van der Waals surface area contributed by atoms with Gasteiger partial charge in [-0.2, -0.15) is 4.98 Å². The number of hydrogen-bond donors (Lipinski definition) is 1. The lowest BCUT2D eigenvalue weighted by Gasteiger charge is -2.33. The van der Waals surface area contributed by atoms with Crippen LogP contribution in [-0.4, -0.2) is 45.7 Å². The summed E-state index contributed by atoms with van der Waals surface area (Å²) < 4.78 is 5.59. The third-order valence-corrected chi connectivity index (χ3v) is 5.96. The molecule has 2 saturated heterocycles. The van der Waals surface area contributed by atoms with Crippen molar-refractivity contribution in [2.24, 2.45) is 0 Å². The van der Waals surface area contributed by atoms with Gasteiger partial charge >= 0.3 is 6.03 Å². The Morgan fingerprint density at radius 3 is 2.65 bits per heavy atom. The fraction of sp³-hybridized carbons (Fsp3) is 0.391. The van der Waals surface area contributed by atoms with Gasteiger partial charge in [-0.3, -0.25) is 0 Å². The molecule has 2 aliphatic rings. The van der Waals surface area contributed by atoms with Gasteiger partial charge in [-0.15, -0.1) is 0 Å². The van der Waals surface area contributed by atoms with Crippen LogP contribution < -0.4 is 10.2 Å². The Labute approximate surface area is 181 Å². The minimum Gasteiger partial charge on any atom is -0.355 e. The first-order chi connectivity index (χ1) is 15.3. The topological polar surface area (TPSA) is 87.4 Å². The maximum absolute atomic E-state index is 13.3. The van der Waals surface area contributed by atoms with Crippen molar-refractivity contribution >= 4 is 17.5 Å². The van der Waals surface area contributed by atoms with Gasteiger partial charge in [0.05, 0.1) is 5.69 Å². The van der Waals surface area contributed by atoms with Crippen LogP contribution in [0.15, 0.2) is 53.2 Å². The summed E-state index contributed by atoms with van der Waals surface area (Å²) in [7, 11) is 0. The molecule has 2 aromatic heterocycles. The molecule has 3 aromatic rings. The minimum absolute atomic E-state index is 0.155. The summed E-state index contributed by atoms with van der Waals surface area (Å²) in [5.41, 5.74) is 1.64. The number of pyridine rings is 1. The van der Waals surface area contributed by atoms with Crippen molar-refractivity contribution in [3.05, 3.63) is 54.6 Å². The predicted molar refractivity (Wildman–Crippen MR) is 118 cm³/mol. The van der Waals surface area contributed by atoms with Gasteiger partial charge in [-0.05, 0) is 44.2 Å². The number of nitrogens with one attached hydrogen (secondary N) is 1. The number of carbonyl (C=O) groups excluding carboxylic acids is 1. The molecule has 1 unspecified atom stereocenters. The number of amides is 2. The van der Waals surface area contributed by atoms with Gasteiger partial charge in [-0.25, -0.2) is 9.78 Å². The normalized spacial score (nSPS) is 18.9. The Balaban J connectivity index is 1.36. The Morgan fingerprint density at radius 2 is 1.81 bits per heavy atom. The first-order valence-corrected chi connectivity index (χ1v) is 11.0. The lowest BCUT2D eigenvalue weighted by atomic mass is 10.0. The van der Waals surface area contributed by atoms with Crippen molar-refractivity contribution in [1.29, 1.82) is 0 Å². The highest BCUT2D eigenvalue weighted by molar-refractivity contribution is 5.92. The summed E-state index contributed by atoms with van der Waals surface area (Å²) in [6, 6.07) is 13.1. The molecule has 0 bridgehead atoms. The molecule has 8 nitrogen and oxygen atoms in total. The quantitative estimate of drug-likeness (QED) is 0.672. The zero-order valence-corrected chi connectivity index (χ0v) is 17.4. The van der Waals surface area contributed by atoms with Crippen LogP contribution in [0.1, 0.15) is 44.0 Å². The first kappa shape index (κ1) is 19.5. The number of anilines is 2. The summed E-state index contributed by atoms with van der Waals surface area (Å²) in [5, 5.41) is 7.23. The van der Waals surface area contributed by atoms with E-state index < -0.39 is 0 Å². The molecule has 2 fully saturated rings. The first-order valence-electron chi connectivity index (χ1n) is 11.0. The zero-order chi connectivity index (χ0) is 21.0. The third-order valence-electron chi connectivity index (χ3n) is 5.96. The molecule has 0 aliphatic carbocycles. The van der Waals surface area contributed by atoms with E-state index in [4.69, 9.17) is 4.52 Å². The van der Waals surface area contributed by atoms with Gasteiger partial charge in [0, 0.05) is 31.4 Å². The average molecular weight is 419 g/mol. The molecule has 8 heteroatoms. The number of benzene rings is 1. The number of likely N-dealkylation sites (tertiary alicyclic amines) is 1. The summed E-state index contributed by atoms with van der Waals surface area (Å²) in [6.45, 7) is 2.59. The van der Waals surface area contributed by atoms with Crippen molar-refractivity contribution in [2.45, 2.75) is 38.1 Å². The van der Waals surface area contributed by atoms with Crippen LogP contribution in [0.25, 0.3) is 11.4 Å². The predicted octanol–water partition coefficient (Wildman–Crippen LogP) is 4.49. The zero-order valence-electron chi connectivity index (χ0n) is 17.4. The highest BCUT2D eigenvalue weighted by atomic mass is 16.5. The third kappa shape index (κ3) is 4.10. The van der Waals surface area contributed by atoms with E-state index in [0.29, 0.717) is 18.3 Å². The van der Waals surface area contributed by atoms with E-state index in [1.807, 2.05) is 47.4 Å². The van der Waals surface area contributed by atoms with E-state index in [2.05, 4.69) is 25.3 Å². The van der Waals surface area contributed by atoms with E-state index in [1.165, 1.54) is 0 Å². The highest BCUT2D eigenvalue weighted by Crippen LogP contribution is 2.33. The molecule has 1 atom stereocenters. The van der Waals surface area contributed by atoms with Gasteiger partial charge in [0.2, 0.25) is 11.7 Å². The largest absolute Gasteiger partial charge is 0.355 e. The monoisotopic (exact) mass is 418 g/mol. The van der Waals surface area contributed by atoms with Gasteiger partial charge in [-0.1, -0.05) is 35.5 Å². The molecule has 2 amide bonds. The molecule has 1 N–H and O–H groups in total. The number of carbonyl (C=O) groups is 1. The van der Waals surface area contributed by atoms with Crippen LogP contribution >= 0.6 is 0 Å². The Kier molecular flexibility index (Phi) is 5.52. The van der Waals surface area contributed by atoms with Crippen LogP contribution in [0.2, 0.25) is 0 Å². The van der Waals surface area contributed by atoms with Crippen molar-refractivity contribution in [2.75, 3.05) is 29.9 Å². The van der Waals surface area contributed by atoms with Gasteiger partial charge in [0.1, 0.15) is 6.04 Å². The molecule has 160 valence electrons. The second kappa shape index (κ2) is 8.75.